The van der Waals surface area contributed by atoms with Crippen LogP contribution in [0.3, 0.4) is 0 Å². The van der Waals surface area contributed by atoms with Gasteiger partial charge in [0, 0.05) is 0 Å². The van der Waals surface area contributed by atoms with Gasteiger partial charge in [-0.3, -0.25) is 0 Å². The maximum atomic E-state index is 9.10. The molecular weight excluding hydrogens is 170 g/mol. The molecule has 0 amide bonds. The van der Waals surface area contributed by atoms with Crippen LogP contribution in [-0.4, -0.2) is 0 Å². The Morgan fingerprint density at radius 3 is 2.50 bits per heavy atom. The molecule has 1 aromatic carbocycles. The summed E-state index contributed by atoms with van der Waals surface area (Å²) in [6, 6.07) is 8.82. The molecule has 0 bridgehead atoms. The molecule has 0 aliphatic heterocycles. The molecule has 0 N–H and O–H groups in total. The number of hydrogen-bond donors (Lipinski definition) is 0. The van der Waals surface area contributed by atoms with E-state index in [-0.39, 0.29) is 5.92 Å². The van der Waals surface area contributed by atoms with Gasteiger partial charge in [-0.25, -0.2) is 0 Å². The Balaban J connectivity index is 2.31. The fourth-order valence-corrected chi connectivity index (χ4v) is 1.84. The highest BCUT2D eigenvalue weighted by Gasteiger charge is 2.32. The number of aryl methyl sites for hydroxylation is 2. The van der Waals surface area contributed by atoms with Gasteiger partial charge in [-0.15, -0.1) is 0 Å². The lowest BCUT2D eigenvalue weighted by atomic mass is 9.93. The molecular formula is C13H15N. The van der Waals surface area contributed by atoms with Crippen LogP contribution in [0.5, 0.6) is 0 Å². The summed E-state index contributed by atoms with van der Waals surface area (Å²) in [5.41, 5.74) is 3.81. The summed E-state index contributed by atoms with van der Waals surface area (Å²) >= 11 is 0. The summed E-state index contributed by atoms with van der Waals surface area (Å²) in [6.45, 7) is 4.22. The number of hydrogen-bond acceptors (Lipinski definition) is 1. The maximum Gasteiger partial charge on any atom is 0.0741 e. The minimum atomic E-state index is 0.134. The van der Waals surface area contributed by atoms with Gasteiger partial charge in [0.15, 0.2) is 0 Å². The molecule has 1 nitrogen and oxygen atoms in total. The third-order valence-corrected chi connectivity index (χ3v) is 3.12. The molecule has 2 rings (SSSR count). The molecule has 0 spiro atoms. The quantitative estimate of drug-likeness (QED) is 0.693. The van der Waals surface area contributed by atoms with E-state index >= 15 is 0 Å². The summed E-state index contributed by atoms with van der Waals surface area (Å²) < 4.78 is 0. The normalized spacial score (nSPS) is 17.5. The van der Waals surface area contributed by atoms with Gasteiger partial charge in [0.25, 0.3) is 0 Å². The SMILES string of the molecule is Cc1ccc(C(C#N)C2CC2)cc1C. The standard InChI is InChI=1S/C13H15N/c1-9-3-4-12(7-10(9)2)13(8-14)11-5-6-11/h3-4,7,11,13H,5-6H2,1-2H3. The van der Waals surface area contributed by atoms with Gasteiger partial charge in [-0.1, -0.05) is 18.2 Å². The van der Waals surface area contributed by atoms with Crippen molar-refractivity contribution in [3.05, 3.63) is 34.9 Å². The zero-order chi connectivity index (χ0) is 10.1. The van der Waals surface area contributed by atoms with E-state index in [1.807, 2.05) is 0 Å². The molecule has 1 saturated carbocycles. The molecule has 0 saturated heterocycles. The molecule has 1 aromatic rings. The number of nitrogens with zero attached hydrogens (tertiary/aromatic N) is 1. The average Bonchev–Trinajstić information content (AvgIpc) is 2.96. The van der Waals surface area contributed by atoms with Crippen LogP contribution in [0.25, 0.3) is 0 Å². The predicted molar refractivity (Wildman–Crippen MR) is 57.0 cm³/mol. The summed E-state index contributed by atoms with van der Waals surface area (Å²) in [7, 11) is 0. The molecule has 0 aromatic heterocycles. The van der Waals surface area contributed by atoms with Crippen molar-refractivity contribution >= 4 is 0 Å². The molecule has 14 heavy (non-hydrogen) atoms. The van der Waals surface area contributed by atoms with Crippen molar-refractivity contribution in [2.75, 3.05) is 0 Å². The van der Waals surface area contributed by atoms with E-state index in [2.05, 4.69) is 38.1 Å². The van der Waals surface area contributed by atoms with Crippen molar-refractivity contribution in [2.45, 2.75) is 32.6 Å². The molecule has 1 aliphatic rings. The van der Waals surface area contributed by atoms with Crippen LogP contribution >= 0.6 is 0 Å². The summed E-state index contributed by atoms with van der Waals surface area (Å²) in [5, 5.41) is 9.10. The monoisotopic (exact) mass is 185 g/mol. The zero-order valence-corrected chi connectivity index (χ0v) is 8.75. The zero-order valence-electron chi connectivity index (χ0n) is 8.75. The van der Waals surface area contributed by atoms with Crippen LogP contribution in [-0.2, 0) is 0 Å². The molecule has 1 heteroatoms. The van der Waals surface area contributed by atoms with Crippen molar-refractivity contribution in [1.82, 2.24) is 0 Å². The second-order valence-corrected chi connectivity index (χ2v) is 4.29. The molecule has 1 aliphatic carbocycles. The fraction of sp³-hybridized carbons (Fsp3) is 0.462. The highest BCUT2D eigenvalue weighted by atomic mass is 14.4. The third kappa shape index (κ3) is 1.65. The lowest BCUT2D eigenvalue weighted by Gasteiger charge is -2.09. The van der Waals surface area contributed by atoms with Gasteiger partial charge in [0.2, 0.25) is 0 Å². The summed E-state index contributed by atoms with van der Waals surface area (Å²) in [5.74, 6) is 0.761. The first-order valence-corrected chi connectivity index (χ1v) is 5.19. The van der Waals surface area contributed by atoms with Crippen LogP contribution in [0.15, 0.2) is 18.2 Å². The predicted octanol–water partition coefficient (Wildman–Crippen LogP) is 3.32. The van der Waals surface area contributed by atoms with Gasteiger partial charge >= 0.3 is 0 Å². The van der Waals surface area contributed by atoms with E-state index < -0.39 is 0 Å². The van der Waals surface area contributed by atoms with E-state index in [1.54, 1.807) is 0 Å². The first-order valence-electron chi connectivity index (χ1n) is 5.19. The largest absolute Gasteiger partial charge is 0.198 e. The Morgan fingerprint density at radius 1 is 1.29 bits per heavy atom. The molecule has 0 heterocycles. The lowest BCUT2D eigenvalue weighted by molar-refractivity contribution is 0.739. The minimum absolute atomic E-state index is 0.134. The van der Waals surface area contributed by atoms with Crippen LogP contribution in [0.1, 0.15) is 35.4 Å². The van der Waals surface area contributed by atoms with Crippen LogP contribution in [0.4, 0.5) is 0 Å². The van der Waals surface area contributed by atoms with Crippen molar-refractivity contribution in [3.63, 3.8) is 0 Å². The molecule has 1 atom stereocenters. The van der Waals surface area contributed by atoms with E-state index in [0.717, 1.165) is 0 Å². The second-order valence-electron chi connectivity index (χ2n) is 4.29. The summed E-state index contributed by atoms with van der Waals surface area (Å²) in [6.07, 6.45) is 2.45. The fourth-order valence-electron chi connectivity index (χ4n) is 1.84. The number of nitriles is 1. The van der Waals surface area contributed by atoms with E-state index in [9.17, 15) is 0 Å². The van der Waals surface area contributed by atoms with Crippen molar-refractivity contribution in [1.29, 1.82) is 5.26 Å². The van der Waals surface area contributed by atoms with Crippen LogP contribution in [0, 0.1) is 31.1 Å². The van der Waals surface area contributed by atoms with E-state index in [0.29, 0.717) is 5.92 Å². The first-order chi connectivity index (χ1) is 6.72. The maximum absolute atomic E-state index is 9.10. The van der Waals surface area contributed by atoms with Crippen molar-refractivity contribution in [2.24, 2.45) is 5.92 Å². The third-order valence-electron chi connectivity index (χ3n) is 3.12. The van der Waals surface area contributed by atoms with Crippen molar-refractivity contribution < 1.29 is 0 Å². The lowest BCUT2D eigenvalue weighted by Crippen LogP contribution is -1.98. The van der Waals surface area contributed by atoms with Gasteiger partial charge in [-0.2, -0.15) is 5.26 Å². The summed E-state index contributed by atoms with van der Waals surface area (Å²) in [4.78, 5) is 0. The van der Waals surface area contributed by atoms with Crippen LogP contribution < -0.4 is 0 Å². The molecule has 1 unspecified atom stereocenters. The van der Waals surface area contributed by atoms with Gasteiger partial charge in [0.1, 0.15) is 0 Å². The molecule has 72 valence electrons. The first kappa shape index (κ1) is 9.27. The van der Waals surface area contributed by atoms with Gasteiger partial charge in [0.05, 0.1) is 12.0 Å². The van der Waals surface area contributed by atoms with Crippen LogP contribution in [0.2, 0.25) is 0 Å². The topological polar surface area (TPSA) is 23.8 Å². The van der Waals surface area contributed by atoms with Crippen molar-refractivity contribution in [3.8, 4) is 6.07 Å². The Morgan fingerprint density at radius 2 is 2.00 bits per heavy atom. The Labute approximate surface area is 85.4 Å². The number of benzene rings is 1. The Hall–Kier alpha value is -1.29. The van der Waals surface area contributed by atoms with E-state index in [4.69, 9.17) is 5.26 Å². The highest BCUT2D eigenvalue weighted by molar-refractivity contribution is 5.35. The highest BCUT2D eigenvalue weighted by Crippen LogP contribution is 2.42. The van der Waals surface area contributed by atoms with Gasteiger partial charge in [-0.05, 0) is 49.3 Å². The second kappa shape index (κ2) is 3.46. The smallest absolute Gasteiger partial charge is 0.0741 e. The Bertz CT molecular complexity index is 383. The van der Waals surface area contributed by atoms with E-state index in [1.165, 1.54) is 29.5 Å². The Kier molecular flexibility index (Phi) is 2.29. The molecule has 0 radical (unpaired) electrons. The molecule has 1 fully saturated rings. The van der Waals surface area contributed by atoms with Gasteiger partial charge < -0.3 is 0 Å². The average molecular weight is 185 g/mol. The minimum Gasteiger partial charge on any atom is -0.198 e. The number of rotatable bonds is 2.